The molecule has 0 atom stereocenters. The minimum Gasteiger partial charge on any atom is 0 e. The van der Waals surface area contributed by atoms with E-state index in [1.54, 1.807) is 6.20 Å². The summed E-state index contributed by atoms with van der Waals surface area (Å²) in [4.78, 5) is 16.5. The fraction of sp³-hybridized carbons (Fsp3) is 0.0784. The van der Waals surface area contributed by atoms with Gasteiger partial charge in [-0.2, -0.15) is 0 Å². The van der Waals surface area contributed by atoms with Gasteiger partial charge in [-0.3, -0.25) is 0 Å². The van der Waals surface area contributed by atoms with Crippen LogP contribution >= 0.6 is 0 Å². The summed E-state index contributed by atoms with van der Waals surface area (Å²) < 4.78 is 8.93. The van der Waals surface area contributed by atoms with Crippen LogP contribution in [0.5, 0.6) is 11.5 Å². The molecule has 0 saturated carbocycles. The first-order valence-electron chi connectivity index (χ1n) is 19.3. The molecule has 0 spiro atoms. The Kier molecular flexibility index (Phi) is 10.6. The van der Waals surface area contributed by atoms with Gasteiger partial charge < -0.3 is 0 Å². The molecular weight excluding hydrogens is 1020 g/mol. The third-order valence-corrected chi connectivity index (χ3v) is 13.4. The molecule has 8 aromatic rings. The van der Waals surface area contributed by atoms with Gasteiger partial charge in [0.05, 0.1) is 0 Å². The Balaban J connectivity index is 0.00000449. The third-order valence-electron chi connectivity index (χ3n) is 10.4. The van der Waals surface area contributed by atoms with Crippen molar-refractivity contribution in [2.45, 2.75) is 26.2 Å². The summed E-state index contributed by atoms with van der Waals surface area (Å²) >= 11 is -0.754. The zero-order valence-corrected chi connectivity index (χ0v) is 37.2. The molecule has 0 fully saturated rings. The number of benzene rings is 6. The van der Waals surface area contributed by atoms with Crippen molar-refractivity contribution in [3.05, 3.63) is 194 Å². The van der Waals surface area contributed by atoms with Crippen LogP contribution in [0, 0.1) is 18.8 Å². The van der Waals surface area contributed by atoms with Gasteiger partial charge in [-0.25, -0.2) is 0 Å². The Morgan fingerprint density at radius 1 is 0.593 bits per heavy atom. The van der Waals surface area contributed by atoms with Crippen molar-refractivity contribution in [1.82, 2.24) is 9.97 Å². The maximum Gasteiger partial charge on any atom is 0 e. The summed E-state index contributed by atoms with van der Waals surface area (Å²) in [5, 5.41) is 0. The molecule has 59 heavy (non-hydrogen) atoms. The van der Waals surface area contributed by atoms with E-state index in [4.69, 9.17) is 14.7 Å². The standard InChI is InChI=1S/C51H38N5OTe.Pt/c1-51(2,3)39-25-26-52-49(30-39)56-46-23-12-13-24-48(46)58-50-47(56)32-43(33-53-50)57-42-20-14-19-40(31-42)54-34-55(45-22-11-10-21-44(45)54)41-28-37(35-15-6-4-7-16-35)27-38(29-41)36-17-8-5-9-18-36;/h4-30,33-34H,1-3H3;/q-3;. The topological polar surface area (TPSA) is 44.7 Å². The number of para-hydroxylation sites is 3. The van der Waals surface area contributed by atoms with E-state index in [-0.39, 0.29) is 26.5 Å². The number of aromatic nitrogens is 2. The van der Waals surface area contributed by atoms with Crippen LogP contribution in [0.15, 0.2) is 170 Å². The van der Waals surface area contributed by atoms with E-state index in [0.717, 1.165) is 54.8 Å². The van der Waals surface area contributed by atoms with E-state index in [1.165, 1.54) is 20.3 Å². The van der Waals surface area contributed by atoms with Gasteiger partial charge in [0, 0.05) is 21.1 Å². The number of hydrogen-bond donors (Lipinski definition) is 0. The molecule has 6 nitrogen and oxygen atoms in total. The van der Waals surface area contributed by atoms with Crippen LogP contribution in [0.1, 0.15) is 26.3 Å². The average Bonchev–Trinajstić information content (AvgIpc) is 3.66. The number of rotatable bonds is 7. The summed E-state index contributed by atoms with van der Waals surface area (Å²) in [6.45, 7) is 8.82. The molecule has 0 amide bonds. The summed E-state index contributed by atoms with van der Waals surface area (Å²) in [7, 11) is 0. The minimum absolute atomic E-state index is 0. The van der Waals surface area contributed by atoms with Crippen LogP contribution in [-0.4, -0.2) is 30.9 Å². The normalized spacial score (nSPS) is 13.0. The first-order valence-corrected chi connectivity index (χ1v) is 21.6. The predicted molar refractivity (Wildman–Crippen MR) is 237 cm³/mol. The molecule has 0 unspecified atom stereocenters. The van der Waals surface area contributed by atoms with Crippen LogP contribution in [0.2, 0.25) is 0 Å². The second kappa shape index (κ2) is 16.2. The zero-order chi connectivity index (χ0) is 39.2. The number of hydrogen-bond acceptors (Lipinski definition) is 6. The molecule has 2 aromatic heterocycles. The van der Waals surface area contributed by atoms with Gasteiger partial charge >= 0.3 is 245 Å². The average molecular weight is 1060 g/mol. The Hall–Kier alpha value is -5.70. The molecule has 4 heterocycles. The van der Waals surface area contributed by atoms with Gasteiger partial charge in [0.25, 0.3) is 0 Å². The molecule has 2 aliphatic rings. The monoisotopic (exact) mass is 1060 g/mol. The van der Waals surface area contributed by atoms with E-state index in [0.29, 0.717) is 11.5 Å². The second-order valence-corrected chi connectivity index (χ2v) is 18.2. The molecule has 0 aliphatic carbocycles. The minimum atomic E-state index is -0.754. The van der Waals surface area contributed by atoms with Crippen molar-refractivity contribution in [3.8, 4) is 33.8 Å². The van der Waals surface area contributed by atoms with Crippen LogP contribution < -0.4 is 26.8 Å². The molecule has 0 radical (unpaired) electrons. The number of ether oxygens (including phenoxy) is 1. The number of nitrogens with zero attached hydrogens (tertiary/aromatic N) is 5. The number of anilines is 7. The fourth-order valence-corrected chi connectivity index (χ4v) is 10.2. The SMILES string of the molecule is CC(C)(C)c1ccnc(N2c3[c-]c(Oc4[c-]c(N5[CH-]N(c6cc(-c7ccccc7)cc(-c7ccccc7)c6)c6ccccc65)ccc4)cnc3[Te]c3ccccc32)c1.[Pt]. The van der Waals surface area contributed by atoms with E-state index >= 15 is 0 Å². The van der Waals surface area contributed by atoms with Crippen molar-refractivity contribution in [3.63, 3.8) is 0 Å². The zero-order valence-electron chi connectivity index (χ0n) is 32.6. The first kappa shape index (κ1) is 38.8. The summed E-state index contributed by atoms with van der Waals surface area (Å²) in [5.41, 5.74) is 11.9. The Morgan fingerprint density at radius 3 is 1.93 bits per heavy atom. The molecule has 8 heteroatoms. The van der Waals surface area contributed by atoms with Gasteiger partial charge in [0.1, 0.15) is 0 Å². The number of fused-ring (bicyclic) bond motifs is 3. The Labute approximate surface area is 370 Å². The quantitative estimate of drug-likeness (QED) is 0.117. The molecule has 0 N–H and O–H groups in total. The maximum atomic E-state index is 6.56. The first-order chi connectivity index (χ1) is 28.4. The van der Waals surface area contributed by atoms with Crippen LogP contribution in [0.4, 0.5) is 39.9 Å². The molecule has 2 aliphatic heterocycles. The largest absolute Gasteiger partial charge is 0 e. The maximum absolute atomic E-state index is 6.56. The van der Waals surface area contributed by atoms with Crippen LogP contribution in [0.3, 0.4) is 0 Å². The summed E-state index contributed by atoms with van der Waals surface area (Å²) in [5.74, 6) is 1.94. The van der Waals surface area contributed by atoms with E-state index in [2.05, 4.69) is 200 Å². The molecular formula is C51H38N5OPtTe-3. The third kappa shape index (κ3) is 7.67. The predicted octanol–water partition coefficient (Wildman–Crippen LogP) is 11.3. The molecule has 0 saturated heterocycles. The van der Waals surface area contributed by atoms with Crippen molar-refractivity contribution in [2.24, 2.45) is 0 Å². The Bertz CT molecular complexity index is 2730. The summed E-state index contributed by atoms with van der Waals surface area (Å²) in [6, 6.07) is 62.4. The summed E-state index contributed by atoms with van der Waals surface area (Å²) in [6.07, 6.45) is 3.69. The molecule has 292 valence electrons. The van der Waals surface area contributed by atoms with E-state index in [1.807, 2.05) is 18.3 Å². The molecule has 0 bridgehead atoms. The van der Waals surface area contributed by atoms with Crippen molar-refractivity contribution in [1.29, 1.82) is 0 Å². The van der Waals surface area contributed by atoms with Gasteiger partial charge in [-0.1, -0.05) is 66.7 Å². The molecule has 10 rings (SSSR count). The fourth-order valence-electron chi connectivity index (χ4n) is 7.47. The van der Waals surface area contributed by atoms with Gasteiger partial charge in [0.2, 0.25) is 0 Å². The van der Waals surface area contributed by atoms with Crippen LogP contribution in [0.25, 0.3) is 22.3 Å². The number of pyridine rings is 2. The smallest absolute Gasteiger partial charge is 0 e. The Morgan fingerprint density at radius 2 is 1.24 bits per heavy atom. The molecule has 6 aromatic carbocycles. The van der Waals surface area contributed by atoms with Crippen molar-refractivity contribution >= 4 is 68.2 Å². The second-order valence-electron chi connectivity index (χ2n) is 15.3. The van der Waals surface area contributed by atoms with Crippen molar-refractivity contribution < 1.29 is 25.8 Å². The van der Waals surface area contributed by atoms with Gasteiger partial charge in [0.15, 0.2) is 0 Å². The van der Waals surface area contributed by atoms with Gasteiger partial charge in [-0.05, 0) is 40.5 Å². The van der Waals surface area contributed by atoms with Crippen molar-refractivity contribution in [2.75, 3.05) is 14.7 Å². The van der Waals surface area contributed by atoms with Crippen LogP contribution in [-0.2, 0) is 26.5 Å². The van der Waals surface area contributed by atoms with E-state index in [9.17, 15) is 0 Å². The van der Waals surface area contributed by atoms with Gasteiger partial charge in [-0.15, -0.1) is 0 Å². The van der Waals surface area contributed by atoms with E-state index < -0.39 is 20.9 Å².